The number of nitriles is 1. The number of nitrogens with one attached hydrogen (secondary N) is 1. The molecule has 0 aromatic carbocycles. The molecule has 1 unspecified atom stereocenters. The maximum absolute atomic E-state index is 12.1. The number of sulfonamides is 1. The Labute approximate surface area is 112 Å². The van der Waals surface area contributed by atoms with E-state index in [-0.39, 0.29) is 9.62 Å². The molecule has 8 heteroatoms. The second-order valence-corrected chi connectivity index (χ2v) is 8.18. The smallest absolute Gasteiger partial charge is 0.206 e. The molecule has 2 rings (SSSR count). The first kappa shape index (κ1) is 13.0. The minimum absolute atomic E-state index is 0.106. The summed E-state index contributed by atoms with van der Waals surface area (Å²) in [7, 11) is -3.69. The van der Waals surface area contributed by atoms with Gasteiger partial charge < -0.3 is 0 Å². The van der Waals surface area contributed by atoms with Gasteiger partial charge in [-0.2, -0.15) is 14.4 Å². The lowest BCUT2D eigenvalue weighted by Gasteiger charge is -2.13. The van der Waals surface area contributed by atoms with Gasteiger partial charge in [-0.15, -0.1) is 0 Å². The van der Waals surface area contributed by atoms with Crippen LogP contribution in [0.4, 0.5) is 0 Å². The Balaban J connectivity index is 2.33. The maximum atomic E-state index is 12.1. The average molecular weight is 336 g/mol. The molecular formula is C9H10BrN3O2S2. The van der Waals surface area contributed by atoms with E-state index in [2.05, 4.69) is 31.1 Å². The predicted molar refractivity (Wildman–Crippen MR) is 66.9 cm³/mol. The topological polar surface area (TPSA) is 82.9 Å². The molecule has 92 valence electrons. The fourth-order valence-electron chi connectivity index (χ4n) is 1.68. The lowest BCUT2D eigenvalue weighted by molar-refractivity contribution is 0.514. The molecule has 1 saturated carbocycles. The van der Waals surface area contributed by atoms with Gasteiger partial charge in [-0.05, 0) is 33.9 Å². The Hall–Kier alpha value is -0.490. The minimum Gasteiger partial charge on any atom is -0.206 e. The van der Waals surface area contributed by atoms with E-state index < -0.39 is 15.6 Å². The lowest BCUT2D eigenvalue weighted by atomic mass is 10.1. The van der Waals surface area contributed by atoms with E-state index in [4.69, 9.17) is 5.26 Å². The van der Waals surface area contributed by atoms with Crippen molar-refractivity contribution in [2.75, 3.05) is 0 Å². The van der Waals surface area contributed by atoms with Crippen molar-refractivity contribution in [1.82, 2.24) is 9.10 Å². The zero-order valence-electron chi connectivity index (χ0n) is 9.19. The van der Waals surface area contributed by atoms with Crippen LogP contribution in [0.1, 0.15) is 20.3 Å². The molecule has 1 fully saturated rings. The zero-order valence-corrected chi connectivity index (χ0v) is 12.4. The Morgan fingerprint density at radius 2 is 2.24 bits per heavy atom. The predicted octanol–water partition coefficient (Wildman–Crippen LogP) is 1.88. The normalized spacial score (nSPS) is 26.5. The van der Waals surface area contributed by atoms with E-state index in [0.29, 0.717) is 10.9 Å². The molecule has 0 saturated heterocycles. The molecular weight excluding hydrogens is 326 g/mol. The van der Waals surface area contributed by atoms with Gasteiger partial charge in [0.15, 0.2) is 4.21 Å². The first-order chi connectivity index (χ1) is 7.74. The van der Waals surface area contributed by atoms with E-state index in [9.17, 15) is 8.42 Å². The van der Waals surface area contributed by atoms with Crippen molar-refractivity contribution >= 4 is 37.5 Å². The largest absolute Gasteiger partial charge is 0.254 e. The second kappa shape index (κ2) is 3.75. The molecule has 0 aliphatic heterocycles. The molecule has 1 aromatic heterocycles. The first-order valence-electron chi connectivity index (χ1n) is 4.79. The molecule has 1 atom stereocenters. The SMILES string of the molecule is CC1(C)CC1(C#N)NS(=O)(=O)c1sncc1Br. The van der Waals surface area contributed by atoms with Gasteiger partial charge in [0, 0.05) is 5.41 Å². The molecule has 1 aromatic rings. The third-order valence-corrected chi connectivity index (χ3v) is 6.91. The zero-order chi connectivity index (χ0) is 12.9. The Bertz CT molecular complexity index is 602. The van der Waals surface area contributed by atoms with Crippen molar-refractivity contribution in [2.24, 2.45) is 5.41 Å². The molecule has 1 aliphatic rings. The Morgan fingerprint density at radius 3 is 2.59 bits per heavy atom. The standard InChI is InChI=1S/C9H10BrN3O2S2/c1-8(2)4-9(8,5-11)13-17(14,15)7-6(10)3-12-16-7/h3,13H,4H2,1-2H3. The molecule has 1 N–H and O–H groups in total. The van der Waals surface area contributed by atoms with E-state index in [1.807, 2.05) is 13.8 Å². The van der Waals surface area contributed by atoms with Gasteiger partial charge in [0.1, 0.15) is 5.54 Å². The van der Waals surface area contributed by atoms with Crippen molar-refractivity contribution in [3.63, 3.8) is 0 Å². The van der Waals surface area contributed by atoms with Crippen LogP contribution < -0.4 is 4.72 Å². The molecule has 0 radical (unpaired) electrons. The summed E-state index contributed by atoms with van der Waals surface area (Å²) in [5.74, 6) is 0. The van der Waals surface area contributed by atoms with E-state index in [1.165, 1.54) is 6.20 Å². The number of halogens is 1. The Morgan fingerprint density at radius 1 is 1.65 bits per heavy atom. The van der Waals surface area contributed by atoms with Crippen LogP contribution in [0.2, 0.25) is 0 Å². The van der Waals surface area contributed by atoms with Crippen LogP contribution >= 0.6 is 27.5 Å². The van der Waals surface area contributed by atoms with E-state index >= 15 is 0 Å². The number of nitrogens with zero attached hydrogens (tertiary/aromatic N) is 2. The first-order valence-corrected chi connectivity index (χ1v) is 7.84. The molecule has 1 heterocycles. The highest BCUT2D eigenvalue weighted by Gasteiger charge is 2.64. The number of rotatable bonds is 3. The van der Waals surface area contributed by atoms with Crippen molar-refractivity contribution < 1.29 is 8.42 Å². The maximum Gasteiger partial charge on any atom is 0.254 e. The van der Waals surface area contributed by atoms with Crippen LogP contribution in [0.25, 0.3) is 0 Å². The second-order valence-electron chi connectivity index (χ2n) is 4.64. The summed E-state index contributed by atoms with van der Waals surface area (Å²) in [6.07, 6.45) is 1.95. The fourth-order valence-corrected chi connectivity index (χ4v) is 5.07. The molecule has 1 aliphatic carbocycles. The monoisotopic (exact) mass is 335 g/mol. The van der Waals surface area contributed by atoms with Gasteiger partial charge in [-0.25, -0.2) is 8.42 Å². The number of aromatic nitrogens is 1. The molecule has 17 heavy (non-hydrogen) atoms. The van der Waals surface area contributed by atoms with Crippen LogP contribution in [0.3, 0.4) is 0 Å². The van der Waals surface area contributed by atoms with E-state index in [1.54, 1.807) is 0 Å². The van der Waals surface area contributed by atoms with Crippen LogP contribution in [-0.2, 0) is 10.0 Å². The summed E-state index contributed by atoms with van der Waals surface area (Å²) in [4.78, 5) is 0. The van der Waals surface area contributed by atoms with Crippen molar-refractivity contribution in [1.29, 1.82) is 5.26 Å². The molecule has 5 nitrogen and oxygen atoms in total. The van der Waals surface area contributed by atoms with Crippen LogP contribution in [0.5, 0.6) is 0 Å². The molecule has 0 amide bonds. The minimum atomic E-state index is -3.69. The average Bonchev–Trinajstić information content (AvgIpc) is 2.59. The summed E-state index contributed by atoms with van der Waals surface area (Å²) in [6.45, 7) is 3.72. The summed E-state index contributed by atoms with van der Waals surface area (Å²) >= 11 is 4.01. The summed E-state index contributed by atoms with van der Waals surface area (Å²) in [6, 6.07) is 2.06. The van der Waals surface area contributed by atoms with Crippen LogP contribution in [0, 0.1) is 16.7 Å². The highest BCUT2D eigenvalue weighted by molar-refractivity contribution is 9.10. The fraction of sp³-hybridized carbons (Fsp3) is 0.556. The van der Waals surface area contributed by atoms with Gasteiger partial charge in [0.2, 0.25) is 0 Å². The summed E-state index contributed by atoms with van der Waals surface area (Å²) < 4.78 is 31.0. The van der Waals surface area contributed by atoms with Gasteiger partial charge in [-0.3, -0.25) is 0 Å². The number of hydrogen-bond donors (Lipinski definition) is 1. The van der Waals surface area contributed by atoms with Crippen molar-refractivity contribution in [3.05, 3.63) is 10.7 Å². The van der Waals surface area contributed by atoms with Crippen LogP contribution in [0.15, 0.2) is 14.9 Å². The van der Waals surface area contributed by atoms with Crippen LogP contribution in [-0.4, -0.2) is 18.3 Å². The van der Waals surface area contributed by atoms with E-state index in [0.717, 1.165) is 11.5 Å². The van der Waals surface area contributed by atoms with Gasteiger partial charge in [0.25, 0.3) is 10.0 Å². The molecule has 0 spiro atoms. The Kier molecular flexibility index (Phi) is 2.86. The van der Waals surface area contributed by atoms with Gasteiger partial charge >= 0.3 is 0 Å². The third kappa shape index (κ3) is 2.01. The third-order valence-electron chi connectivity index (χ3n) is 2.98. The highest BCUT2D eigenvalue weighted by Crippen LogP contribution is 2.55. The lowest BCUT2D eigenvalue weighted by Crippen LogP contribution is -2.39. The number of hydrogen-bond acceptors (Lipinski definition) is 5. The van der Waals surface area contributed by atoms with Gasteiger partial charge in [0.05, 0.1) is 16.7 Å². The molecule has 0 bridgehead atoms. The summed E-state index contributed by atoms with van der Waals surface area (Å²) in [5.41, 5.74) is -1.32. The van der Waals surface area contributed by atoms with Crippen molar-refractivity contribution in [3.8, 4) is 6.07 Å². The van der Waals surface area contributed by atoms with Gasteiger partial charge in [-0.1, -0.05) is 13.8 Å². The quantitative estimate of drug-likeness (QED) is 0.913. The summed E-state index contributed by atoms with van der Waals surface area (Å²) in [5, 5.41) is 9.12. The highest BCUT2D eigenvalue weighted by atomic mass is 79.9. The van der Waals surface area contributed by atoms with Crippen molar-refractivity contribution in [2.45, 2.75) is 30.0 Å².